The number of aromatic nitrogens is 6. The number of unbranched alkanes of at least 4 members (excludes halogenated alkanes) is 1. The van der Waals surface area contributed by atoms with Gasteiger partial charge in [0.25, 0.3) is 0 Å². The van der Waals surface area contributed by atoms with E-state index in [0.717, 1.165) is 56.8 Å². The topological polar surface area (TPSA) is 106 Å². The molecule has 39 heavy (non-hydrogen) atoms. The van der Waals surface area contributed by atoms with Gasteiger partial charge in [-0.15, -0.1) is 5.10 Å². The molecule has 11 heteroatoms. The fourth-order valence-electron chi connectivity index (χ4n) is 4.01. The van der Waals surface area contributed by atoms with E-state index in [9.17, 15) is 4.79 Å². The monoisotopic (exact) mass is 540 g/mol. The molecule has 0 atom stereocenters. The minimum atomic E-state index is -0.531. The van der Waals surface area contributed by atoms with Crippen molar-refractivity contribution in [3.05, 3.63) is 84.6 Å². The van der Waals surface area contributed by atoms with Crippen molar-refractivity contribution in [2.24, 2.45) is 0 Å². The van der Waals surface area contributed by atoms with E-state index >= 15 is 0 Å². The van der Waals surface area contributed by atoms with Crippen molar-refractivity contribution >= 4 is 33.3 Å². The van der Waals surface area contributed by atoms with Crippen LogP contribution in [0.3, 0.4) is 0 Å². The maximum absolute atomic E-state index is 12.6. The van der Waals surface area contributed by atoms with Gasteiger partial charge in [0.15, 0.2) is 0 Å². The minimum absolute atomic E-state index is 0.391. The lowest BCUT2D eigenvalue weighted by Crippen LogP contribution is -2.20. The highest BCUT2D eigenvalue weighted by Crippen LogP contribution is 2.29. The van der Waals surface area contributed by atoms with Crippen LogP contribution in [0.2, 0.25) is 0 Å². The maximum Gasteiger partial charge on any atom is 0.365 e. The molecule has 0 N–H and O–H groups in total. The Morgan fingerprint density at radius 3 is 2.49 bits per heavy atom. The lowest BCUT2D eigenvalue weighted by molar-refractivity contribution is 0.0409. The Labute approximate surface area is 227 Å². The fraction of sp³-hybridized carbons (Fsp3) is 0.179. The summed E-state index contributed by atoms with van der Waals surface area (Å²) in [5.41, 5.74) is 4.28. The molecule has 3 aromatic carbocycles. The van der Waals surface area contributed by atoms with Crippen LogP contribution in [0.4, 0.5) is 0 Å². The third kappa shape index (κ3) is 5.35. The first-order valence-electron chi connectivity index (χ1n) is 12.4. The molecule has 0 saturated heterocycles. The minimum Gasteiger partial charge on any atom is -0.494 e. The molecule has 6 aromatic rings. The molecule has 0 unspecified atom stereocenters. The predicted octanol–water partition coefficient (Wildman–Crippen LogP) is 4.94. The molecular formula is C28H24N6O4S. The molecule has 196 valence electrons. The van der Waals surface area contributed by atoms with Crippen LogP contribution in [0, 0.1) is 0 Å². The molecule has 3 aromatic heterocycles. The number of carbonyl (C=O) groups is 1. The van der Waals surface area contributed by atoms with Crippen LogP contribution in [0.15, 0.2) is 79.0 Å². The first kappa shape index (κ1) is 24.7. The lowest BCUT2D eigenvalue weighted by atomic mass is 10.1. The standard InChI is InChI=1S/C28H24N6O4S/c1-36-16-4-5-17-37-22-14-12-20(13-15-22)26-31-33-18-24(29-28(33)39-26)19-8-10-21(11-9-19)27(35)38-34-25-7-3-2-6-23(25)30-32-34/h2-3,6-15,18H,4-5,16-17H2,1H3. The van der Waals surface area contributed by atoms with E-state index in [1.54, 1.807) is 35.9 Å². The van der Waals surface area contributed by atoms with E-state index in [-0.39, 0.29) is 0 Å². The Morgan fingerprint density at radius 2 is 1.69 bits per heavy atom. The summed E-state index contributed by atoms with van der Waals surface area (Å²) in [6.07, 6.45) is 3.81. The second-order valence-corrected chi connectivity index (χ2v) is 9.70. The van der Waals surface area contributed by atoms with Crippen LogP contribution in [-0.4, -0.2) is 56.0 Å². The molecule has 0 fully saturated rings. The number of rotatable bonds is 10. The van der Waals surface area contributed by atoms with E-state index in [1.807, 2.05) is 54.7 Å². The first-order chi connectivity index (χ1) is 19.2. The van der Waals surface area contributed by atoms with Gasteiger partial charge in [-0.2, -0.15) is 5.10 Å². The molecule has 3 heterocycles. The summed E-state index contributed by atoms with van der Waals surface area (Å²) in [7, 11) is 1.71. The largest absolute Gasteiger partial charge is 0.494 e. The van der Waals surface area contributed by atoms with Crippen LogP contribution in [0.1, 0.15) is 23.2 Å². The molecule has 0 aliphatic heterocycles. The average molecular weight is 541 g/mol. The average Bonchev–Trinajstić information content (AvgIpc) is 3.67. The highest BCUT2D eigenvalue weighted by atomic mass is 32.1. The summed E-state index contributed by atoms with van der Waals surface area (Å²) >= 11 is 1.51. The zero-order valence-corrected chi connectivity index (χ0v) is 21.9. The van der Waals surface area contributed by atoms with Crippen molar-refractivity contribution in [3.8, 4) is 27.6 Å². The van der Waals surface area contributed by atoms with E-state index in [0.29, 0.717) is 23.2 Å². The first-order valence-corrected chi connectivity index (χ1v) is 13.2. The second-order valence-electron chi connectivity index (χ2n) is 8.74. The third-order valence-corrected chi connectivity index (χ3v) is 7.03. The molecular weight excluding hydrogens is 516 g/mol. The highest BCUT2D eigenvalue weighted by molar-refractivity contribution is 7.19. The van der Waals surface area contributed by atoms with Gasteiger partial charge in [0.1, 0.15) is 21.8 Å². The molecule has 0 aliphatic carbocycles. The smallest absolute Gasteiger partial charge is 0.365 e. The van der Waals surface area contributed by atoms with Crippen molar-refractivity contribution in [1.29, 1.82) is 0 Å². The van der Waals surface area contributed by atoms with Gasteiger partial charge in [-0.05, 0) is 66.6 Å². The summed E-state index contributed by atoms with van der Waals surface area (Å²) in [6.45, 7) is 1.41. The number of hydrogen-bond acceptors (Lipinski definition) is 9. The Hall–Kier alpha value is -4.61. The Balaban J connectivity index is 1.11. The molecule has 0 spiro atoms. The zero-order valence-electron chi connectivity index (χ0n) is 21.1. The molecule has 0 amide bonds. The molecule has 0 bridgehead atoms. The van der Waals surface area contributed by atoms with E-state index < -0.39 is 5.97 Å². The summed E-state index contributed by atoms with van der Waals surface area (Å²) in [4.78, 5) is 24.7. The van der Waals surface area contributed by atoms with Crippen LogP contribution in [0.5, 0.6) is 5.75 Å². The van der Waals surface area contributed by atoms with Gasteiger partial charge >= 0.3 is 5.97 Å². The van der Waals surface area contributed by atoms with Crippen molar-refractivity contribution in [3.63, 3.8) is 0 Å². The number of methoxy groups -OCH3 is 1. The van der Waals surface area contributed by atoms with E-state index in [2.05, 4.69) is 10.3 Å². The summed E-state index contributed by atoms with van der Waals surface area (Å²) in [6, 6.07) is 22.2. The lowest BCUT2D eigenvalue weighted by Gasteiger charge is -2.06. The fourth-order valence-corrected chi connectivity index (χ4v) is 4.90. The van der Waals surface area contributed by atoms with Gasteiger partial charge < -0.3 is 14.3 Å². The van der Waals surface area contributed by atoms with Gasteiger partial charge in [-0.3, -0.25) is 0 Å². The van der Waals surface area contributed by atoms with Gasteiger partial charge in [-0.1, -0.05) is 40.4 Å². The number of nitrogens with zero attached hydrogens (tertiary/aromatic N) is 6. The van der Waals surface area contributed by atoms with Crippen molar-refractivity contribution < 1.29 is 19.1 Å². The van der Waals surface area contributed by atoms with Crippen LogP contribution in [-0.2, 0) is 4.74 Å². The second kappa shape index (κ2) is 11.0. The third-order valence-electron chi connectivity index (χ3n) is 6.06. The number of fused-ring (bicyclic) bond motifs is 2. The number of ether oxygens (including phenoxy) is 2. The molecule has 0 aliphatic rings. The molecule has 10 nitrogen and oxygen atoms in total. The number of carbonyl (C=O) groups excluding carboxylic acids is 1. The Kier molecular flexibility index (Phi) is 6.98. The van der Waals surface area contributed by atoms with Crippen molar-refractivity contribution in [1.82, 2.24) is 29.8 Å². The number of para-hydroxylation sites is 1. The van der Waals surface area contributed by atoms with Crippen molar-refractivity contribution in [2.45, 2.75) is 12.8 Å². The van der Waals surface area contributed by atoms with Gasteiger partial charge in [0.2, 0.25) is 4.96 Å². The number of imidazole rings is 1. The Bertz CT molecular complexity index is 1690. The highest BCUT2D eigenvalue weighted by Gasteiger charge is 2.15. The zero-order chi connectivity index (χ0) is 26.6. The number of benzene rings is 3. The Morgan fingerprint density at radius 1 is 0.923 bits per heavy atom. The summed E-state index contributed by atoms with van der Waals surface area (Å²) in [5.74, 6) is 0.304. The van der Waals surface area contributed by atoms with Gasteiger partial charge in [0.05, 0.1) is 24.1 Å². The van der Waals surface area contributed by atoms with E-state index in [1.165, 1.54) is 11.3 Å². The van der Waals surface area contributed by atoms with Crippen LogP contribution >= 0.6 is 11.3 Å². The van der Waals surface area contributed by atoms with Crippen LogP contribution < -0.4 is 9.57 Å². The number of hydrogen-bond donors (Lipinski definition) is 0. The van der Waals surface area contributed by atoms with Gasteiger partial charge in [-0.25, -0.2) is 14.3 Å². The predicted molar refractivity (Wildman–Crippen MR) is 147 cm³/mol. The molecule has 0 radical (unpaired) electrons. The SMILES string of the molecule is COCCCCOc1ccc(-c2nn3cc(-c4ccc(C(=O)On5nnc6ccccc65)cc4)nc3s2)cc1. The van der Waals surface area contributed by atoms with Crippen molar-refractivity contribution in [2.75, 3.05) is 20.3 Å². The summed E-state index contributed by atoms with van der Waals surface area (Å²) in [5, 5.41) is 13.5. The normalized spacial score (nSPS) is 11.3. The van der Waals surface area contributed by atoms with Crippen LogP contribution in [0.25, 0.3) is 37.8 Å². The molecule has 6 rings (SSSR count). The summed E-state index contributed by atoms with van der Waals surface area (Å²) < 4.78 is 12.6. The van der Waals surface area contributed by atoms with Gasteiger partial charge in [0, 0.05) is 24.8 Å². The maximum atomic E-state index is 12.6. The van der Waals surface area contributed by atoms with E-state index in [4.69, 9.17) is 24.4 Å². The quantitative estimate of drug-likeness (QED) is 0.178. The molecule has 0 saturated carbocycles.